The highest BCUT2D eigenvalue weighted by Gasteiger charge is 2.41. The number of carboxylic acid groups (broad SMARTS) is 1. The van der Waals surface area contributed by atoms with Gasteiger partial charge in [0.25, 0.3) is 5.56 Å². The highest BCUT2D eigenvalue weighted by atomic mass is 19.4. The summed E-state index contributed by atoms with van der Waals surface area (Å²) in [6.07, 6.45) is -11.5. The van der Waals surface area contributed by atoms with Crippen LogP contribution in [-0.4, -0.2) is 47.1 Å². The van der Waals surface area contributed by atoms with Gasteiger partial charge in [-0.05, 0) is 75.5 Å². The molecule has 0 aliphatic rings. The van der Waals surface area contributed by atoms with Gasteiger partial charge in [-0.3, -0.25) is 14.4 Å². The Hall–Kier alpha value is -4.34. The van der Waals surface area contributed by atoms with E-state index in [1.807, 2.05) is 5.32 Å². The third-order valence-electron chi connectivity index (χ3n) is 7.91. The highest BCUT2D eigenvalue weighted by Crippen LogP contribution is 2.42. The van der Waals surface area contributed by atoms with Crippen molar-refractivity contribution in [1.29, 1.82) is 0 Å². The fraction of sp³-hybridized carbons (Fsp3) is 0.441. The number of hydrogen-bond acceptors (Lipinski definition) is 4. The topological polar surface area (TPSA) is 91.6 Å². The summed E-state index contributed by atoms with van der Waals surface area (Å²) in [6, 6.07) is -1.49. The molecule has 0 aliphatic heterocycles. The maximum atomic E-state index is 16.3. The van der Waals surface area contributed by atoms with E-state index >= 15 is 13.2 Å². The molecule has 0 saturated heterocycles. The Morgan fingerprint density at radius 1 is 0.920 bits per heavy atom. The van der Waals surface area contributed by atoms with Crippen LogP contribution in [0.5, 0.6) is 0 Å². The number of halogens is 9. The van der Waals surface area contributed by atoms with Crippen molar-refractivity contribution in [3.8, 4) is 11.1 Å². The molecule has 0 spiro atoms. The first kappa shape index (κ1) is 40.1. The van der Waals surface area contributed by atoms with Crippen LogP contribution in [0, 0.1) is 37.2 Å². The summed E-state index contributed by atoms with van der Waals surface area (Å²) in [5, 5.41) is 11.7. The maximum Gasteiger partial charge on any atom is 0.419 e. The van der Waals surface area contributed by atoms with Crippen LogP contribution in [0.25, 0.3) is 11.1 Å². The number of likely N-dealkylation sites (N-methyl/N-ethyl adjacent to an activating group) is 1. The van der Waals surface area contributed by atoms with Gasteiger partial charge in [0, 0.05) is 35.5 Å². The van der Waals surface area contributed by atoms with Crippen molar-refractivity contribution in [3.63, 3.8) is 0 Å². The summed E-state index contributed by atoms with van der Waals surface area (Å²) in [5.74, 6) is -8.80. The number of nitrogens with one attached hydrogen (secondary N) is 1. The van der Waals surface area contributed by atoms with Gasteiger partial charge in [0.05, 0.1) is 23.6 Å². The van der Waals surface area contributed by atoms with Crippen LogP contribution >= 0.6 is 0 Å². The first-order valence-electron chi connectivity index (χ1n) is 15.3. The lowest BCUT2D eigenvalue weighted by molar-refractivity contribution is -0.140. The van der Waals surface area contributed by atoms with Crippen molar-refractivity contribution < 1.29 is 54.2 Å². The number of aryl methyl sites for hydroxylation is 2. The molecule has 0 aliphatic carbocycles. The van der Waals surface area contributed by atoms with Gasteiger partial charge in [-0.2, -0.15) is 26.3 Å². The summed E-state index contributed by atoms with van der Waals surface area (Å²) >= 11 is 0. The molecule has 0 bridgehead atoms. The quantitative estimate of drug-likeness (QED) is 0.188. The average molecular weight is 722 g/mol. The molecule has 274 valence electrons. The Labute approximate surface area is 281 Å². The molecule has 1 aromatic heterocycles. The molecule has 2 atom stereocenters. The van der Waals surface area contributed by atoms with Crippen LogP contribution in [-0.2, 0) is 28.4 Å². The highest BCUT2D eigenvalue weighted by molar-refractivity contribution is 5.82. The van der Waals surface area contributed by atoms with Crippen LogP contribution in [0.2, 0.25) is 0 Å². The lowest BCUT2D eigenvalue weighted by atomic mass is 9.90. The number of carboxylic acids is 1. The molecular weight excluding hydrogens is 685 g/mol. The first-order chi connectivity index (χ1) is 22.9. The zero-order valence-corrected chi connectivity index (χ0v) is 27.9. The van der Waals surface area contributed by atoms with Gasteiger partial charge in [-0.1, -0.05) is 19.9 Å². The number of pyridine rings is 1. The van der Waals surface area contributed by atoms with Crippen molar-refractivity contribution in [2.75, 3.05) is 20.6 Å². The molecule has 0 radical (unpaired) electrons. The van der Waals surface area contributed by atoms with E-state index in [-0.39, 0.29) is 42.6 Å². The molecule has 0 saturated carbocycles. The number of aromatic nitrogens is 1. The number of benzene rings is 2. The van der Waals surface area contributed by atoms with Gasteiger partial charge in [0.15, 0.2) is 0 Å². The minimum absolute atomic E-state index is 0.0327. The van der Waals surface area contributed by atoms with E-state index < -0.39 is 99.5 Å². The monoisotopic (exact) mass is 721 g/mol. The largest absolute Gasteiger partial charge is 0.481 e. The zero-order valence-electron chi connectivity index (χ0n) is 27.9. The first-order valence-corrected chi connectivity index (χ1v) is 15.3. The third-order valence-corrected chi connectivity index (χ3v) is 7.91. The van der Waals surface area contributed by atoms with Crippen molar-refractivity contribution >= 4 is 11.9 Å². The van der Waals surface area contributed by atoms with Crippen molar-refractivity contribution in [2.45, 2.75) is 71.4 Å². The van der Waals surface area contributed by atoms with E-state index in [1.54, 1.807) is 32.8 Å². The molecule has 0 fully saturated rings. The molecule has 1 amide bonds. The summed E-state index contributed by atoms with van der Waals surface area (Å²) in [6.45, 7) is 5.98. The predicted octanol–water partition coefficient (Wildman–Crippen LogP) is 7.61. The molecule has 16 heteroatoms. The molecule has 1 heterocycles. The normalized spacial score (nSPS) is 13.5. The number of carbonyl (C=O) groups is 2. The summed E-state index contributed by atoms with van der Waals surface area (Å²) in [5.41, 5.74) is -7.96. The SMILES string of the molecule is Cc1cc(C)c(-c2cc(C(F)(F)F)c(F)c(C(CC(=O)O)NC(=O)C(CC(C)C)n3cc(CCN(C)C)c(C(F)(F)F)cc3=O)c2F)c(F)c1. The smallest absolute Gasteiger partial charge is 0.419 e. The molecule has 3 aromatic rings. The predicted molar refractivity (Wildman–Crippen MR) is 166 cm³/mol. The Kier molecular flexibility index (Phi) is 12.2. The standard InChI is InChI=1S/C34H36F9N3O4/c1-16(2)9-25(46-15-19(7-8-45(5)6)21(13-26(46)47)33(38,39)40)32(50)44-24(14-27(48)49)29-30(36)20(12-22(31(29)37)34(41,42)43)28-18(4)10-17(3)11-23(28)35/h10-13,15-16,24-25H,7-9,14H2,1-6H3,(H,44,50)(H,48,49). The number of alkyl halides is 6. The fourth-order valence-corrected chi connectivity index (χ4v) is 5.71. The van der Waals surface area contributed by atoms with E-state index in [2.05, 4.69) is 0 Å². The summed E-state index contributed by atoms with van der Waals surface area (Å²) in [7, 11) is 3.18. The second kappa shape index (κ2) is 15.3. The number of rotatable bonds is 12. The third kappa shape index (κ3) is 9.25. The lowest BCUT2D eigenvalue weighted by Gasteiger charge is -2.27. The van der Waals surface area contributed by atoms with Crippen LogP contribution in [0.3, 0.4) is 0 Å². The van der Waals surface area contributed by atoms with E-state index in [0.29, 0.717) is 10.1 Å². The fourth-order valence-electron chi connectivity index (χ4n) is 5.71. The Morgan fingerprint density at radius 3 is 2.02 bits per heavy atom. The van der Waals surface area contributed by atoms with Crippen molar-refractivity contribution in [1.82, 2.24) is 14.8 Å². The van der Waals surface area contributed by atoms with E-state index in [0.717, 1.165) is 12.3 Å². The van der Waals surface area contributed by atoms with Crippen LogP contribution in [0.1, 0.15) is 72.2 Å². The van der Waals surface area contributed by atoms with E-state index in [1.165, 1.54) is 19.9 Å². The van der Waals surface area contributed by atoms with Crippen LogP contribution in [0.15, 0.2) is 35.3 Å². The zero-order chi connectivity index (χ0) is 38.0. The van der Waals surface area contributed by atoms with Crippen LogP contribution < -0.4 is 10.9 Å². The summed E-state index contributed by atoms with van der Waals surface area (Å²) in [4.78, 5) is 40.4. The molecular formula is C34H36F9N3O4. The molecule has 7 nitrogen and oxygen atoms in total. The van der Waals surface area contributed by atoms with Gasteiger partial charge in [-0.25, -0.2) is 13.2 Å². The number of hydrogen-bond donors (Lipinski definition) is 2. The van der Waals surface area contributed by atoms with Gasteiger partial charge in [0.1, 0.15) is 23.5 Å². The Balaban J connectivity index is 2.29. The van der Waals surface area contributed by atoms with Gasteiger partial charge >= 0.3 is 18.3 Å². The minimum atomic E-state index is -5.50. The van der Waals surface area contributed by atoms with Gasteiger partial charge in [-0.15, -0.1) is 0 Å². The Morgan fingerprint density at radius 2 is 1.52 bits per heavy atom. The molecule has 3 rings (SSSR count). The molecule has 2 unspecified atom stereocenters. The van der Waals surface area contributed by atoms with E-state index in [9.17, 15) is 45.8 Å². The van der Waals surface area contributed by atoms with Crippen molar-refractivity contribution in [2.24, 2.45) is 5.92 Å². The second-order valence-electron chi connectivity index (χ2n) is 12.8. The second-order valence-corrected chi connectivity index (χ2v) is 12.8. The number of aliphatic carboxylic acids is 1. The Bertz CT molecular complexity index is 1790. The van der Waals surface area contributed by atoms with Gasteiger partial charge in [0.2, 0.25) is 5.91 Å². The van der Waals surface area contributed by atoms with Gasteiger partial charge < -0.3 is 19.9 Å². The van der Waals surface area contributed by atoms with Crippen LogP contribution in [0.4, 0.5) is 39.5 Å². The number of amides is 1. The lowest BCUT2D eigenvalue weighted by Crippen LogP contribution is -2.41. The average Bonchev–Trinajstić information content (AvgIpc) is 2.94. The van der Waals surface area contributed by atoms with E-state index in [4.69, 9.17) is 0 Å². The number of nitrogens with zero attached hydrogens (tertiary/aromatic N) is 2. The van der Waals surface area contributed by atoms with Crippen molar-refractivity contribution in [3.05, 3.63) is 91.6 Å². The maximum absolute atomic E-state index is 16.3. The molecule has 2 N–H and O–H groups in total. The summed E-state index contributed by atoms with van der Waals surface area (Å²) < 4.78 is 132. The molecule has 2 aromatic carbocycles. The number of carbonyl (C=O) groups excluding carboxylic acids is 1. The minimum Gasteiger partial charge on any atom is -0.481 e. The molecule has 50 heavy (non-hydrogen) atoms.